The van der Waals surface area contributed by atoms with E-state index in [2.05, 4.69) is 4.74 Å². The third-order valence-corrected chi connectivity index (χ3v) is 4.46. The van der Waals surface area contributed by atoms with Gasteiger partial charge in [-0.25, -0.2) is 13.6 Å². The van der Waals surface area contributed by atoms with Crippen LogP contribution in [0.5, 0.6) is 5.75 Å². The first-order valence-corrected chi connectivity index (χ1v) is 9.67. The number of rotatable bonds is 9. The molecular formula is C22H23F5O3. The molecule has 0 aromatic heterocycles. The van der Waals surface area contributed by atoms with Crippen LogP contribution in [0.1, 0.15) is 49.9 Å². The first-order valence-electron chi connectivity index (χ1n) is 9.67. The van der Waals surface area contributed by atoms with Crippen molar-refractivity contribution in [3.05, 3.63) is 53.6 Å². The summed E-state index contributed by atoms with van der Waals surface area (Å²) in [5, 5.41) is 0. The first kappa shape index (κ1) is 23.6. The highest BCUT2D eigenvalue weighted by atomic mass is 19.4. The summed E-state index contributed by atoms with van der Waals surface area (Å²) in [6.45, 7) is 4.06. The fourth-order valence-electron chi connectivity index (χ4n) is 2.89. The van der Waals surface area contributed by atoms with Crippen molar-refractivity contribution in [3.63, 3.8) is 0 Å². The Kier molecular flexibility index (Phi) is 8.20. The molecule has 0 fully saturated rings. The Balaban J connectivity index is 2.23. The van der Waals surface area contributed by atoms with Gasteiger partial charge in [0.15, 0.2) is 17.7 Å². The number of alkyl halides is 3. The van der Waals surface area contributed by atoms with Gasteiger partial charge in [0.05, 0.1) is 12.2 Å². The summed E-state index contributed by atoms with van der Waals surface area (Å²) >= 11 is 0. The van der Waals surface area contributed by atoms with Crippen LogP contribution in [0.3, 0.4) is 0 Å². The minimum atomic E-state index is -4.79. The standard InChI is InChI=1S/C22H23F5O3/c1-3-5-6-7-18(22(25,26)27)30-21(28)17-13-12-16(19(23)20(17)24)14-8-10-15(11-9-14)29-4-2/h8-13,18H,3-7H2,1-2H3. The van der Waals surface area contributed by atoms with Crippen molar-refractivity contribution in [2.24, 2.45) is 0 Å². The maximum atomic E-state index is 14.5. The van der Waals surface area contributed by atoms with Crippen LogP contribution in [0.25, 0.3) is 11.1 Å². The van der Waals surface area contributed by atoms with Gasteiger partial charge in [0.25, 0.3) is 0 Å². The van der Waals surface area contributed by atoms with E-state index in [1.54, 1.807) is 19.1 Å². The van der Waals surface area contributed by atoms with Crippen molar-refractivity contribution in [3.8, 4) is 16.9 Å². The van der Waals surface area contributed by atoms with E-state index in [0.29, 0.717) is 30.8 Å². The van der Waals surface area contributed by atoms with E-state index in [-0.39, 0.29) is 12.0 Å². The second-order valence-electron chi connectivity index (χ2n) is 6.68. The molecule has 2 rings (SSSR count). The maximum absolute atomic E-state index is 14.5. The molecule has 1 unspecified atom stereocenters. The van der Waals surface area contributed by atoms with E-state index in [4.69, 9.17) is 4.74 Å². The Bertz CT molecular complexity index is 847. The molecule has 30 heavy (non-hydrogen) atoms. The Hall–Kier alpha value is -2.64. The fraction of sp³-hybridized carbons (Fsp3) is 0.409. The second-order valence-corrected chi connectivity index (χ2v) is 6.68. The van der Waals surface area contributed by atoms with Crippen molar-refractivity contribution in [2.75, 3.05) is 6.61 Å². The molecule has 3 nitrogen and oxygen atoms in total. The zero-order chi connectivity index (χ0) is 22.3. The van der Waals surface area contributed by atoms with E-state index in [9.17, 15) is 26.7 Å². The maximum Gasteiger partial charge on any atom is 0.425 e. The second kappa shape index (κ2) is 10.4. The number of hydrogen-bond donors (Lipinski definition) is 0. The molecule has 8 heteroatoms. The molecule has 164 valence electrons. The molecule has 0 saturated heterocycles. The van der Waals surface area contributed by atoms with Gasteiger partial charge in [0, 0.05) is 5.56 Å². The highest BCUT2D eigenvalue weighted by Crippen LogP contribution is 2.31. The number of esters is 1. The Morgan fingerprint density at radius 2 is 1.63 bits per heavy atom. The molecule has 0 aliphatic rings. The van der Waals surface area contributed by atoms with Gasteiger partial charge in [-0.3, -0.25) is 0 Å². The monoisotopic (exact) mass is 430 g/mol. The molecule has 0 saturated carbocycles. The highest BCUT2D eigenvalue weighted by molar-refractivity contribution is 5.90. The molecular weight excluding hydrogens is 407 g/mol. The smallest absolute Gasteiger partial charge is 0.425 e. The average molecular weight is 430 g/mol. The van der Waals surface area contributed by atoms with Crippen LogP contribution in [0.2, 0.25) is 0 Å². The highest BCUT2D eigenvalue weighted by Gasteiger charge is 2.42. The third kappa shape index (κ3) is 5.93. The lowest BCUT2D eigenvalue weighted by atomic mass is 10.0. The van der Waals surface area contributed by atoms with Gasteiger partial charge in [-0.05, 0) is 43.5 Å². The SMILES string of the molecule is CCCCCC(OC(=O)c1ccc(-c2ccc(OCC)cc2)c(F)c1F)C(F)(F)F. The minimum absolute atomic E-state index is 0.137. The number of unbranched alkanes of at least 4 members (excludes halogenated alkanes) is 2. The summed E-state index contributed by atoms with van der Waals surface area (Å²) in [6, 6.07) is 8.21. The number of carbonyl (C=O) groups is 1. The van der Waals surface area contributed by atoms with Crippen LogP contribution in [0.4, 0.5) is 22.0 Å². The van der Waals surface area contributed by atoms with E-state index in [0.717, 1.165) is 12.1 Å². The van der Waals surface area contributed by atoms with Gasteiger partial charge >= 0.3 is 12.1 Å². The van der Waals surface area contributed by atoms with Crippen molar-refractivity contribution >= 4 is 5.97 Å². The molecule has 0 amide bonds. The summed E-state index contributed by atoms with van der Waals surface area (Å²) in [7, 11) is 0. The van der Waals surface area contributed by atoms with E-state index in [1.165, 1.54) is 12.1 Å². The Morgan fingerprint density at radius 1 is 0.967 bits per heavy atom. The molecule has 2 aromatic carbocycles. The molecule has 0 bridgehead atoms. The normalized spacial score (nSPS) is 12.5. The van der Waals surface area contributed by atoms with E-state index < -0.39 is 41.9 Å². The van der Waals surface area contributed by atoms with Gasteiger partial charge in [-0.1, -0.05) is 38.0 Å². The quantitative estimate of drug-likeness (QED) is 0.252. The predicted octanol–water partition coefficient (Wildman–Crippen LogP) is 6.70. The molecule has 0 spiro atoms. The summed E-state index contributed by atoms with van der Waals surface area (Å²) in [4.78, 5) is 12.1. The van der Waals surface area contributed by atoms with Crippen LogP contribution >= 0.6 is 0 Å². The van der Waals surface area contributed by atoms with Crippen LogP contribution in [0, 0.1) is 11.6 Å². The lowest BCUT2D eigenvalue weighted by Crippen LogP contribution is -2.34. The van der Waals surface area contributed by atoms with Crippen molar-refractivity contribution in [2.45, 2.75) is 51.8 Å². The van der Waals surface area contributed by atoms with Crippen molar-refractivity contribution in [1.29, 1.82) is 0 Å². The number of carbonyl (C=O) groups excluding carboxylic acids is 1. The lowest BCUT2D eigenvalue weighted by molar-refractivity contribution is -0.206. The molecule has 0 N–H and O–H groups in total. The number of benzene rings is 2. The molecule has 0 radical (unpaired) electrons. The summed E-state index contributed by atoms with van der Waals surface area (Å²) < 4.78 is 78.1. The van der Waals surface area contributed by atoms with Gasteiger partial charge in [0.2, 0.25) is 0 Å². The molecule has 1 atom stereocenters. The van der Waals surface area contributed by atoms with Crippen LogP contribution < -0.4 is 4.74 Å². The average Bonchev–Trinajstić information content (AvgIpc) is 2.69. The lowest BCUT2D eigenvalue weighted by Gasteiger charge is -2.21. The Labute approximate surface area is 171 Å². The fourth-order valence-corrected chi connectivity index (χ4v) is 2.89. The molecule has 0 aliphatic carbocycles. The zero-order valence-corrected chi connectivity index (χ0v) is 16.7. The van der Waals surface area contributed by atoms with Crippen molar-refractivity contribution < 1.29 is 36.2 Å². The van der Waals surface area contributed by atoms with Gasteiger partial charge in [-0.15, -0.1) is 0 Å². The summed E-state index contributed by atoms with van der Waals surface area (Å²) in [6.07, 6.45) is -6.18. The first-order chi connectivity index (χ1) is 14.2. The summed E-state index contributed by atoms with van der Waals surface area (Å²) in [5.74, 6) is -3.91. The number of ether oxygens (including phenoxy) is 2. The van der Waals surface area contributed by atoms with Crippen LogP contribution in [-0.2, 0) is 4.74 Å². The van der Waals surface area contributed by atoms with Crippen LogP contribution in [-0.4, -0.2) is 24.9 Å². The van der Waals surface area contributed by atoms with Crippen LogP contribution in [0.15, 0.2) is 36.4 Å². The van der Waals surface area contributed by atoms with Gasteiger partial charge in [0.1, 0.15) is 5.75 Å². The number of hydrogen-bond acceptors (Lipinski definition) is 3. The largest absolute Gasteiger partial charge is 0.494 e. The van der Waals surface area contributed by atoms with E-state index >= 15 is 0 Å². The zero-order valence-electron chi connectivity index (χ0n) is 16.7. The van der Waals surface area contributed by atoms with Crippen molar-refractivity contribution in [1.82, 2.24) is 0 Å². The van der Waals surface area contributed by atoms with E-state index in [1.807, 2.05) is 6.92 Å². The minimum Gasteiger partial charge on any atom is -0.494 e. The predicted molar refractivity (Wildman–Crippen MR) is 102 cm³/mol. The molecule has 2 aromatic rings. The number of halogens is 5. The topological polar surface area (TPSA) is 35.5 Å². The van der Waals surface area contributed by atoms with Gasteiger partial charge in [-0.2, -0.15) is 13.2 Å². The molecule has 0 heterocycles. The Morgan fingerprint density at radius 3 is 2.20 bits per heavy atom. The summed E-state index contributed by atoms with van der Waals surface area (Å²) in [5.41, 5.74) is -0.697. The molecule has 0 aliphatic heterocycles. The third-order valence-electron chi connectivity index (χ3n) is 4.46. The van der Waals surface area contributed by atoms with Gasteiger partial charge < -0.3 is 9.47 Å².